The van der Waals surface area contributed by atoms with E-state index in [-0.39, 0.29) is 39.0 Å². The zero-order valence-electron chi connectivity index (χ0n) is 20.8. The van der Waals surface area contributed by atoms with Crippen LogP contribution in [0, 0.1) is 12.1 Å². The fraction of sp³-hybridized carbons (Fsp3) is 0. The largest absolute Gasteiger partial charge is 0.245 e. The van der Waals surface area contributed by atoms with E-state index in [1.54, 1.807) is 0 Å². The maximum atomic E-state index is 3.54. The molecular formula is C36H18Zn2-2. The maximum absolute atomic E-state index is 3.54. The van der Waals surface area contributed by atoms with Crippen molar-refractivity contribution in [1.82, 2.24) is 0 Å². The van der Waals surface area contributed by atoms with Crippen molar-refractivity contribution in [2.24, 2.45) is 0 Å². The molecule has 0 heterocycles. The minimum absolute atomic E-state index is 0. The smallest absolute Gasteiger partial charge is 0 e. The van der Waals surface area contributed by atoms with Crippen LogP contribution in [0.15, 0.2) is 109 Å². The molecule has 0 nitrogen and oxygen atoms in total. The quantitative estimate of drug-likeness (QED) is 0.103. The molecule has 9 rings (SSSR count). The molecule has 0 saturated heterocycles. The summed E-state index contributed by atoms with van der Waals surface area (Å²) in [5.74, 6) is 0. The standard InChI is InChI=1S/C36H18.2Zn/c1-2-10-22-21(9-1)24-15-7-17-28-31(20-19-30(22)33(24)28)34-27-13-5-6-14-29(27)35-25-12-4-3-11-23(25)26-16-8-18-32(34)36(26)35;;/h1-10,13-20H;;/q-2;;. The van der Waals surface area contributed by atoms with Crippen LogP contribution in [0.3, 0.4) is 0 Å². The molecule has 0 amide bonds. The summed E-state index contributed by atoms with van der Waals surface area (Å²) in [6.07, 6.45) is 0. The molecule has 2 heteroatoms. The van der Waals surface area contributed by atoms with Crippen LogP contribution in [0.4, 0.5) is 0 Å². The average Bonchev–Trinajstić information content (AvgIpc) is 3.46. The van der Waals surface area contributed by atoms with Gasteiger partial charge in [-0.2, -0.15) is 0 Å². The number of hydrogen-bond acceptors (Lipinski definition) is 0. The van der Waals surface area contributed by atoms with Crippen LogP contribution in [0.5, 0.6) is 0 Å². The van der Waals surface area contributed by atoms with E-state index in [0.29, 0.717) is 0 Å². The van der Waals surface area contributed by atoms with Gasteiger partial charge in [0.05, 0.1) is 0 Å². The van der Waals surface area contributed by atoms with Crippen molar-refractivity contribution in [3.63, 3.8) is 0 Å². The van der Waals surface area contributed by atoms with Crippen LogP contribution in [-0.2, 0) is 39.0 Å². The second kappa shape index (κ2) is 8.54. The predicted molar refractivity (Wildman–Crippen MR) is 151 cm³/mol. The van der Waals surface area contributed by atoms with Gasteiger partial charge >= 0.3 is 0 Å². The molecule has 0 aliphatic heterocycles. The molecule has 0 unspecified atom stereocenters. The molecule has 0 aromatic heterocycles. The Morgan fingerprint density at radius 3 is 1.63 bits per heavy atom. The Bertz CT molecular complexity index is 2070. The molecule has 2 aliphatic rings. The summed E-state index contributed by atoms with van der Waals surface area (Å²) in [5, 5.41) is 7.89. The number of rotatable bonds is 1. The molecule has 0 radical (unpaired) electrons. The molecule has 7 aromatic rings. The van der Waals surface area contributed by atoms with Crippen molar-refractivity contribution < 1.29 is 39.0 Å². The molecule has 0 spiro atoms. The molecule has 0 N–H and O–H groups in total. The summed E-state index contributed by atoms with van der Waals surface area (Å²) < 4.78 is 0. The molecule has 38 heavy (non-hydrogen) atoms. The van der Waals surface area contributed by atoms with E-state index in [4.69, 9.17) is 0 Å². The van der Waals surface area contributed by atoms with E-state index in [9.17, 15) is 0 Å². The first-order valence-corrected chi connectivity index (χ1v) is 12.5. The molecule has 0 fully saturated rings. The monoisotopic (exact) mass is 578 g/mol. The topological polar surface area (TPSA) is 0 Å². The van der Waals surface area contributed by atoms with E-state index < -0.39 is 0 Å². The number of fused-ring (bicyclic) bond motifs is 8. The Kier molecular flexibility index (Phi) is 5.32. The van der Waals surface area contributed by atoms with Crippen LogP contribution in [-0.4, -0.2) is 0 Å². The van der Waals surface area contributed by atoms with Gasteiger partial charge < -0.3 is 0 Å². The SMILES string of the molecule is [Zn].[Zn].[c-]1cc[c-]c2c1-c1cccc3c(-c4ccc5c6c(cccc46)-c4ccccc4-5)c4ccccc4c-2c13. The molecule has 0 bridgehead atoms. The third-order valence-electron chi connectivity index (χ3n) is 8.17. The molecule has 0 saturated carbocycles. The molecule has 0 atom stereocenters. The van der Waals surface area contributed by atoms with Gasteiger partial charge in [-0.05, 0) is 54.9 Å². The second-order valence-corrected chi connectivity index (χ2v) is 9.83. The van der Waals surface area contributed by atoms with Crippen molar-refractivity contribution >= 4 is 32.3 Å². The molecular weight excluding hydrogens is 563 g/mol. The van der Waals surface area contributed by atoms with Crippen LogP contribution in [0.25, 0.3) is 88.0 Å². The Morgan fingerprint density at radius 2 is 0.868 bits per heavy atom. The third-order valence-corrected chi connectivity index (χ3v) is 8.17. The molecule has 2 aliphatic carbocycles. The van der Waals surface area contributed by atoms with Crippen molar-refractivity contribution in [2.45, 2.75) is 0 Å². The number of benzene rings is 7. The zero-order chi connectivity index (χ0) is 23.4. The van der Waals surface area contributed by atoms with Gasteiger partial charge in [-0.3, -0.25) is 0 Å². The van der Waals surface area contributed by atoms with Crippen molar-refractivity contribution in [1.29, 1.82) is 0 Å². The predicted octanol–water partition coefficient (Wildman–Crippen LogP) is 9.70. The summed E-state index contributed by atoms with van der Waals surface area (Å²) in [5.41, 5.74) is 12.9. The molecule has 168 valence electrons. The maximum Gasteiger partial charge on any atom is 0 e. The minimum Gasteiger partial charge on any atom is -0.245 e. The van der Waals surface area contributed by atoms with Crippen LogP contribution >= 0.6 is 0 Å². The van der Waals surface area contributed by atoms with Crippen LogP contribution in [0.2, 0.25) is 0 Å². The first kappa shape index (κ1) is 23.7. The van der Waals surface area contributed by atoms with Gasteiger partial charge in [-0.15, -0.1) is 22.6 Å². The zero-order valence-corrected chi connectivity index (χ0v) is 26.7. The summed E-state index contributed by atoms with van der Waals surface area (Å²) in [6.45, 7) is 0. The van der Waals surface area contributed by atoms with E-state index in [0.717, 1.165) is 5.56 Å². The average molecular weight is 581 g/mol. The van der Waals surface area contributed by atoms with Crippen molar-refractivity contribution in [3.8, 4) is 55.6 Å². The van der Waals surface area contributed by atoms with Gasteiger partial charge in [0.25, 0.3) is 0 Å². The van der Waals surface area contributed by atoms with Crippen molar-refractivity contribution in [3.05, 3.63) is 121 Å². The van der Waals surface area contributed by atoms with Gasteiger partial charge in [-0.25, -0.2) is 35.4 Å². The Morgan fingerprint density at radius 1 is 0.342 bits per heavy atom. The Hall–Kier alpha value is -3.43. The normalized spacial score (nSPS) is 11.8. The Labute approximate surface area is 246 Å². The van der Waals surface area contributed by atoms with Crippen LogP contribution < -0.4 is 0 Å². The minimum atomic E-state index is 0. The van der Waals surface area contributed by atoms with E-state index >= 15 is 0 Å². The summed E-state index contributed by atoms with van der Waals surface area (Å²) in [4.78, 5) is 0. The summed E-state index contributed by atoms with van der Waals surface area (Å²) in [7, 11) is 0. The van der Waals surface area contributed by atoms with Gasteiger partial charge in [-0.1, -0.05) is 96.4 Å². The fourth-order valence-corrected chi connectivity index (χ4v) is 6.82. The second-order valence-electron chi connectivity index (χ2n) is 9.83. The van der Waals surface area contributed by atoms with E-state index in [1.165, 1.54) is 82.4 Å². The summed E-state index contributed by atoms with van der Waals surface area (Å²) in [6, 6.07) is 46.9. The van der Waals surface area contributed by atoms with E-state index in [1.807, 2.05) is 12.1 Å². The fourth-order valence-electron chi connectivity index (χ4n) is 6.82. The van der Waals surface area contributed by atoms with E-state index in [2.05, 4.69) is 109 Å². The van der Waals surface area contributed by atoms with Gasteiger partial charge in [0, 0.05) is 39.0 Å². The number of hydrogen-bond donors (Lipinski definition) is 0. The third kappa shape index (κ3) is 2.86. The molecule has 7 aromatic carbocycles. The van der Waals surface area contributed by atoms with Gasteiger partial charge in [0.2, 0.25) is 0 Å². The first-order valence-electron chi connectivity index (χ1n) is 12.5. The van der Waals surface area contributed by atoms with Crippen molar-refractivity contribution in [2.75, 3.05) is 0 Å². The summed E-state index contributed by atoms with van der Waals surface area (Å²) >= 11 is 0. The first-order chi connectivity index (χ1) is 17.9. The Balaban J connectivity index is 0.00000121. The van der Waals surface area contributed by atoms with Crippen LogP contribution in [0.1, 0.15) is 0 Å². The van der Waals surface area contributed by atoms with Gasteiger partial charge in [0.1, 0.15) is 0 Å². The van der Waals surface area contributed by atoms with Gasteiger partial charge in [0.15, 0.2) is 0 Å².